The number of benzene rings is 1. The second kappa shape index (κ2) is 4.23. The molecule has 4 heteroatoms. The van der Waals surface area contributed by atoms with Crippen LogP contribution in [-0.2, 0) is 0 Å². The van der Waals surface area contributed by atoms with Crippen LogP contribution in [0.5, 0.6) is 0 Å². The Hall–Kier alpha value is -1.09. The van der Waals surface area contributed by atoms with Crippen LogP contribution in [0.2, 0.25) is 5.02 Å². The summed E-state index contributed by atoms with van der Waals surface area (Å²) in [6.45, 7) is 2.47. The highest BCUT2D eigenvalue weighted by atomic mass is 35.5. The summed E-state index contributed by atoms with van der Waals surface area (Å²) in [4.78, 5) is 3.98. The van der Waals surface area contributed by atoms with Crippen LogP contribution in [0.1, 0.15) is 12.5 Å². The minimum absolute atomic E-state index is 0.0618. The molecule has 13 heavy (non-hydrogen) atoms. The molecular weight excluding hydrogens is 191 g/mol. The maximum Gasteiger partial charge on any atom is 0.141 e. The van der Waals surface area contributed by atoms with E-state index in [2.05, 4.69) is 4.99 Å². The highest BCUT2D eigenvalue weighted by Crippen LogP contribution is 2.15. The van der Waals surface area contributed by atoms with Crippen molar-refractivity contribution in [2.24, 2.45) is 10.7 Å². The van der Waals surface area contributed by atoms with Gasteiger partial charge in [-0.25, -0.2) is 4.39 Å². The number of halogens is 2. The summed E-state index contributed by atoms with van der Waals surface area (Å²) in [5, 5.41) is 0.0618. The minimum atomic E-state index is -0.449. The molecule has 0 amide bonds. The maximum atomic E-state index is 12.7. The molecule has 0 aliphatic rings. The van der Waals surface area contributed by atoms with Gasteiger partial charge in [0, 0.05) is 12.1 Å². The number of rotatable bonds is 2. The third kappa shape index (κ3) is 2.42. The predicted octanol–water partition coefficient (Wildman–Crippen LogP) is 2.20. The summed E-state index contributed by atoms with van der Waals surface area (Å²) in [6.07, 6.45) is 0. The van der Waals surface area contributed by atoms with Gasteiger partial charge >= 0.3 is 0 Å². The van der Waals surface area contributed by atoms with Gasteiger partial charge in [-0.2, -0.15) is 0 Å². The number of hydrogen-bond acceptors (Lipinski definition) is 1. The summed E-state index contributed by atoms with van der Waals surface area (Å²) in [5.74, 6) is -0.0703. The maximum absolute atomic E-state index is 12.7. The third-order valence-electron chi connectivity index (χ3n) is 1.54. The first-order chi connectivity index (χ1) is 6.15. The zero-order valence-corrected chi connectivity index (χ0v) is 7.98. The van der Waals surface area contributed by atoms with Crippen molar-refractivity contribution in [1.82, 2.24) is 0 Å². The first kappa shape index (κ1) is 9.99. The number of aliphatic imine (C=N–C) groups is 1. The van der Waals surface area contributed by atoms with Crippen molar-refractivity contribution in [2.45, 2.75) is 6.92 Å². The molecule has 2 nitrogen and oxygen atoms in total. The Labute approximate surface area is 81.2 Å². The van der Waals surface area contributed by atoms with E-state index in [9.17, 15) is 4.39 Å². The van der Waals surface area contributed by atoms with Gasteiger partial charge < -0.3 is 5.73 Å². The van der Waals surface area contributed by atoms with E-state index in [4.69, 9.17) is 17.3 Å². The van der Waals surface area contributed by atoms with Crippen molar-refractivity contribution in [1.29, 1.82) is 0 Å². The lowest BCUT2D eigenvalue weighted by molar-refractivity contribution is 0.628. The fourth-order valence-electron chi connectivity index (χ4n) is 0.917. The second-order valence-electron chi connectivity index (χ2n) is 2.49. The molecule has 0 aliphatic carbocycles. The molecule has 0 atom stereocenters. The number of nitrogens with zero attached hydrogens (tertiary/aromatic N) is 1. The van der Waals surface area contributed by atoms with E-state index in [0.717, 1.165) is 0 Å². The normalized spacial score (nSPS) is 11.8. The van der Waals surface area contributed by atoms with Crippen molar-refractivity contribution in [2.75, 3.05) is 6.54 Å². The molecule has 70 valence electrons. The van der Waals surface area contributed by atoms with E-state index in [1.807, 2.05) is 6.92 Å². The lowest BCUT2D eigenvalue weighted by Gasteiger charge is -2.01. The highest BCUT2D eigenvalue weighted by Gasteiger charge is 2.02. The van der Waals surface area contributed by atoms with Crippen LogP contribution in [-0.4, -0.2) is 12.4 Å². The topological polar surface area (TPSA) is 38.4 Å². The van der Waals surface area contributed by atoms with E-state index in [0.29, 0.717) is 17.9 Å². The summed E-state index contributed by atoms with van der Waals surface area (Å²) in [5.41, 5.74) is 6.24. The van der Waals surface area contributed by atoms with E-state index in [1.54, 1.807) is 6.07 Å². The molecule has 0 saturated carbocycles. The number of hydrogen-bond donors (Lipinski definition) is 1. The Kier molecular flexibility index (Phi) is 3.25. The van der Waals surface area contributed by atoms with Gasteiger partial charge in [0.25, 0.3) is 0 Å². The smallest absolute Gasteiger partial charge is 0.141 e. The third-order valence-corrected chi connectivity index (χ3v) is 1.83. The van der Waals surface area contributed by atoms with Gasteiger partial charge in [0.15, 0.2) is 0 Å². The Balaban J connectivity index is 3.04. The molecule has 1 aromatic carbocycles. The van der Waals surface area contributed by atoms with Crippen LogP contribution < -0.4 is 5.73 Å². The molecule has 0 aliphatic heterocycles. The standard InChI is InChI=1S/C9H10ClFN2/c1-2-13-9(12)6-3-4-8(11)7(10)5-6/h3-5H,2H2,1H3,(H2,12,13). The lowest BCUT2D eigenvalue weighted by Crippen LogP contribution is -2.13. The SMILES string of the molecule is CCN=C(N)c1ccc(F)c(Cl)c1. The van der Waals surface area contributed by atoms with Gasteiger partial charge in [-0.15, -0.1) is 0 Å². The molecule has 0 spiro atoms. The molecule has 1 aromatic rings. The average Bonchev–Trinajstić information content (AvgIpc) is 2.10. The van der Waals surface area contributed by atoms with E-state index in [-0.39, 0.29) is 5.02 Å². The Morgan fingerprint density at radius 1 is 1.62 bits per heavy atom. The van der Waals surface area contributed by atoms with Crippen molar-refractivity contribution < 1.29 is 4.39 Å². The zero-order chi connectivity index (χ0) is 9.84. The van der Waals surface area contributed by atoms with E-state index >= 15 is 0 Å². The first-order valence-corrected chi connectivity index (χ1v) is 4.28. The van der Waals surface area contributed by atoms with Crippen LogP contribution >= 0.6 is 11.6 Å². The number of nitrogens with two attached hydrogens (primary N) is 1. The summed E-state index contributed by atoms with van der Waals surface area (Å²) in [7, 11) is 0. The summed E-state index contributed by atoms with van der Waals surface area (Å²) >= 11 is 5.57. The highest BCUT2D eigenvalue weighted by molar-refractivity contribution is 6.31. The molecular formula is C9H10ClFN2. The van der Waals surface area contributed by atoms with Gasteiger partial charge in [-0.3, -0.25) is 4.99 Å². The quantitative estimate of drug-likeness (QED) is 0.577. The second-order valence-corrected chi connectivity index (χ2v) is 2.90. The van der Waals surface area contributed by atoms with Crippen LogP contribution in [0.15, 0.2) is 23.2 Å². The van der Waals surface area contributed by atoms with Gasteiger partial charge in [0.1, 0.15) is 11.7 Å². The molecule has 0 fully saturated rings. The van der Waals surface area contributed by atoms with E-state index in [1.165, 1.54) is 12.1 Å². The monoisotopic (exact) mass is 200 g/mol. The van der Waals surface area contributed by atoms with Gasteiger partial charge in [0.2, 0.25) is 0 Å². The molecule has 0 bridgehead atoms. The Bertz CT molecular complexity index is 336. The molecule has 0 heterocycles. The largest absolute Gasteiger partial charge is 0.384 e. The molecule has 0 radical (unpaired) electrons. The van der Waals surface area contributed by atoms with Gasteiger partial charge in [-0.1, -0.05) is 11.6 Å². The fourth-order valence-corrected chi connectivity index (χ4v) is 1.10. The number of amidine groups is 1. The zero-order valence-electron chi connectivity index (χ0n) is 7.22. The molecule has 0 aromatic heterocycles. The van der Waals surface area contributed by atoms with Crippen molar-refractivity contribution in [3.63, 3.8) is 0 Å². The van der Waals surface area contributed by atoms with Crippen LogP contribution in [0, 0.1) is 5.82 Å². The van der Waals surface area contributed by atoms with Crippen molar-refractivity contribution in [3.05, 3.63) is 34.6 Å². The first-order valence-electron chi connectivity index (χ1n) is 3.90. The summed E-state index contributed by atoms with van der Waals surface area (Å²) < 4.78 is 12.7. The molecule has 0 saturated heterocycles. The average molecular weight is 201 g/mol. The Morgan fingerprint density at radius 3 is 2.85 bits per heavy atom. The van der Waals surface area contributed by atoms with Crippen LogP contribution in [0.4, 0.5) is 4.39 Å². The Morgan fingerprint density at radius 2 is 2.31 bits per heavy atom. The molecule has 1 rings (SSSR count). The fraction of sp³-hybridized carbons (Fsp3) is 0.222. The van der Waals surface area contributed by atoms with Crippen LogP contribution in [0.3, 0.4) is 0 Å². The van der Waals surface area contributed by atoms with Gasteiger partial charge in [0.05, 0.1) is 5.02 Å². The van der Waals surface area contributed by atoms with Gasteiger partial charge in [-0.05, 0) is 25.1 Å². The lowest BCUT2D eigenvalue weighted by atomic mass is 10.2. The molecule has 2 N–H and O–H groups in total. The summed E-state index contributed by atoms with van der Waals surface area (Å²) in [6, 6.07) is 4.29. The van der Waals surface area contributed by atoms with Crippen LogP contribution in [0.25, 0.3) is 0 Å². The predicted molar refractivity (Wildman–Crippen MR) is 52.7 cm³/mol. The molecule has 0 unspecified atom stereocenters. The van der Waals surface area contributed by atoms with Crippen molar-refractivity contribution >= 4 is 17.4 Å². The van der Waals surface area contributed by atoms with Crippen molar-refractivity contribution in [3.8, 4) is 0 Å². The van der Waals surface area contributed by atoms with E-state index < -0.39 is 5.82 Å². The minimum Gasteiger partial charge on any atom is -0.384 e.